The van der Waals surface area contributed by atoms with Crippen molar-refractivity contribution < 1.29 is 19.1 Å². The first-order valence-electron chi connectivity index (χ1n) is 12.0. The first kappa shape index (κ1) is 28.4. The second-order valence-corrected chi connectivity index (χ2v) is 9.82. The molecule has 0 aliphatic rings. The van der Waals surface area contributed by atoms with E-state index in [9.17, 15) is 9.59 Å². The Morgan fingerprint density at radius 3 is 2.51 bits per heavy atom. The van der Waals surface area contributed by atoms with Crippen LogP contribution in [0.3, 0.4) is 0 Å². The third-order valence-corrected chi connectivity index (χ3v) is 7.05. The van der Waals surface area contributed by atoms with E-state index in [1.165, 1.54) is 11.8 Å². The molecule has 2 amide bonds. The van der Waals surface area contributed by atoms with E-state index in [2.05, 4.69) is 20.8 Å². The Labute approximate surface area is 226 Å². The number of benzene rings is 2. The van der Waals surface area contributed by atoms with Gasteiger partial charge in [0.2, 0.25) is 5.91 Å². The van der Waals surface area contributed by atoms with Crippen molar-refractivity contribution in [3.8, 4) is 11.5 Å². The van der Waals surface area contributed by atoms with Crippen LogP contribution in [0, 0.1) is 0 Å². The van der Waals surface area contributed by atoms with Crippen molar-refractivity contribution in [1.29, 1.82) is 0 Å². The highest BCUT2D eigenvalue weighted by Gasteiger charge is 2.23. The highest BCUT2D eigenvalue weighted by Crippen LogP contribution is 2.26. The average molecular weight is 544 g/mol. The molecular weight excluding hydrogens is 510 g/mol. The minimum absolute atomic E-state index is 0.159. The van der Waals surface area contributed by atoms with E-state index < -0.39 is 0 Å². The van der Waals surface area contributed by atoms with Crippen LogP contribution < -0.4 is 20.1 Å². The molecule has 3 rings (SSSR count). The van der Waals surface area contributed by atoms with Gasteiger partial charge in [0.05, 0.1) is 31.2 Å². The summed E-state index contributed by atoms with van der Waals surface area (Å²) < 4.78 is 12.7. The zero-order chi connectivity index (χ0) is 26.6. The Morgan fingerprint density at radius 2 is 1.84 bits per heavy atom. The third-order valence-electron chi connectivity index (χ3n) is 5.43. The molecule has 37 heavy (non-hydrogen) atoms. The lowest BCUT2D eigenvalue weighted by atomic mass is 10.1. The molecule has 0 aliphatic heterocycles. The summed E-state index contributed by atoms with van der Waals surface area (Å²) in [6.45, 7) is 5.01. The predicted molar refractivity (Wildman–Crippen MR) is 149 cm³/mol. The second-order valence-electron chi connectivity index (χ2n) is 7.89. The quantitative estimate of drug-likeness (QED) is 0.283. The second kappa shape index (κ2) is 14.5. The average Bonchev–Trinajstić information content (AvgIpc) is 3.33. The molecule has 9 nitrogen and oxygen atoms in total. The fourth-order valence-corrected chi connectivity index (χ4v) is 4.90. The highest BCUT2D eigenvalue weighted by atomic mass is 32.2. The Hall–Kier alpha value is -3.18. The van der Waals surface area contributed by atoms with E-state index in [0.29, 0.717) is 53.3 Å². The number of anilines is 1. The van der Waals surface area contributed by atoms with Gasteiger partial charge in [0, 0.05) is 12.1 Å². The number of carbonyl (C=O) groups excluding carboxylic acids is 2. The number of carbonyl (C=O) groups is 2. The molecule has 0 bridgehead atoms. The van der Waals surface area contributed by atoms with Gasteiger partial charge >= 0.3 is 0 Å². The van der Waals surface area contributed by atoms with Crippen molar-refractivity contribution in [1.82, 2.24) is 20.1 Å². The summed E-state index contributed by atoms with van der Waals surface area (Å²) in [4.78, 5) is 25.6. The normalized spacial score (nSPS) is 11.6. The Kier molecular flexibility index (Phi) is 11.2. The molecule has 0 fully saturated rings. The van der Waals surface area contributed by atoms with E-state index in [1.807, 2.05) is 48.9 Å². The Balaban J connectivity index is 1.70. The minimum Gasteiger partial charge on any atom is -0.497 e. The summed E-state index contributed by atoms with van der Waals surface area (Å²) in [6.07, 6.45) is 2.72. The standard InChI is InChI=1S/C26H33N5O4S2/c1-5-31-24(21(15-16-36-4)28-25(33)18-11-13-19(34-3)14-12-18)29-30-26(31)37-17-23(32)27-20-9-7-8-10-22(20)35-6-2/h7-14,21H,5-6,15-17H2,1-4H3,(H,27,32)(H,28,33). The summed E-state index contributed by atoms with van der Waals surface area (Å²) in [6, 6.07) is 14.0. The number of methoxy groups -OCH3 is 1. The van der Waals surface area contributed by atoms with Gasteiger partial charge in [-0.15, -0.1) is 10.2 Å². The minimum atomic E-state index is -0.323. The van der Waals surface area contributed by atoms with Gasteiger partial charge in [-0.1, -0.05) is 23.9 Å². The van der Waals surface area contributed by atoms with Crippen LogP contribution in [0.15, 0.2) is 53.7 Å². The van der Waals surface area contributed by atoms with E-state index in [-0.39, 0.29) is 23.6 Å². The SMILES string of the molecule is CCOc1ccccc1NC(=O)CSc1nnc(C(CCSC)NC(=O)c2ccc(OC)cc2)n1CC. The van der Waals surface area contributed by atoms with E-state index in [1.54, 1.807) is 43.1 Å². The number of ether oxygens (including phenoxy) is 2. The van der Waals surface area contributed by atoms with Gasteiger partial charge in [-0.25, -0.2) is 0 Å². The summed E-state index contributed by atoms with van der Waals surface area (Å²) in [7, 11) is 1.59. The number of nitrogens with one attached hydrogen (secondary N) is 2. The fourth-order valence-electron chi connectivity index (χ4n) is 3.61. The van der Waals surface area contributed by atoms with E-state index in [0.717, 1.165) is 5.75 Å². The molecule has 0 saturated heterocycles. The van der Waals surface area contributed by atoms with Crippen molar-refractivity contribution in [2.75, 3.05) is 36.8 Å². The van der Waals surface area contributed by atoms with Crippen LogP contribution in [-0.2, 0) is 11.3 Å². The molecule has 3 aromatic rings. The zero-order valence-electron chi connectivity index (χ0n) is 21.5. The zero-order valence-corrected chi connectivity index (χ0v) is 23.2. The van der Waals surface area contributed by atoms with Crippen LogP contribution in [0.25, 0.3) is 0 Å². The molecular formula is C26H33N5O4S2. The Bertz CT molecular complexity index is 1170. The molecule has 1 aromatic heterocycles. The maximum atomic E-state index is 13.0. The summed E-state index contributed by atoms with van der Waals surface area (Å²) in [5.74, 6) is 2.63. The number of para-hydroxylation sites is 2. The lowest BCUT2D eigenvalue weighted by molar-refractivity contribution is -0.113. The Morgan fingerprint density at radius 1 is 1.08 bits per heavy atom. The molecule has 2 N–H and O–H groups in total. The molecule has 2 aromatic carbocycles. The van der Waals surface area contributed by atoms with Crippen molar-refractivity contribution >= 4 is 41.0 Å². The lowest BCUT2D eigenvalue weighted by Crippen LogP contribution is -2.31. The number of hydrogen-bond donors (Lipinski definition) is 2. The van der Waals surface area contributed by atoms with Crippen LogP contribution in [0.1, 0.15) is 42.5 Å². The number of hydrogen-bond acceptors (Lipinski definition) is 8. The number of thioether (sulfide) groups is 2. The van der Waals surface area contributed by atoms with Gasteiger partial charge < -0.3 is 24.7 Å². The predicted octanol–water partition coefficient (Wildman–Crippen LogP) is 4.66. The monoisotopic (exact) mass is 543 g/mol. The highest BCUT2D eigenvalue weighted by molar-refractivity contribution is 7.99. The fraction of sp³-hybridized carbons (Fsp3) is 0.385. The maximum absolute atomic E-state index is 13.0. The topological polar surface area (TPSA) is 107 Å². The van der Waals surface area contributed by atoms with E-state index in [4.69, 9.17) is 9.47 Å². The van der Waals surface area contributed by atoms with Gasteiger partial charge in [-0.3, -0.25) is 9.59 Å². The van der Waals surface area contributed by atoms with Gasteiger partial charge in [-0.05, 0) is 68.7 Å². The molecule has 198 valence electrons. The van der Waals surface area contributed by atoms with Crippen molar-refractivity contribution in [2.24, 2.45) is 0 Å². The molecule has 0 aliphatic carbocycles. The van der Waals surface area contributed by atoms with Crippen molar-refractivity contribution in [2.45, 2.75) is 38.0 Å². The van der Waals surface area contributed by atoms with Gasteiger partial charge in [0.15, 0.2) is 11.0 Å². The number of nitrogens with zero attached hydrogens (tertiary/aromatic N) is 3. The number of amides is 2. The maximum Gasteiger partial charge on any atom is 0.251 e. The largest absolute Gasteiger partial charge is 0.497 e. The van der Waals surface area contributed by atoms with E-state index >= 15 is 0 Å². The first-order valence-corrected chi connectivity index (χ1v) is 14.4. The molecule has 0 spiro atoms. The molecule has 11 heteroatoms. The summed E-state index contributed by atoms with van der Waals surface area (Å²) in [5.41, 5.74) is 1.17. The first-order chi connectivity index (χ1) is 18.0. The van der Waals surface area contributed by atoms with Crippen LogP contribution in [0.5, 0.6) is 11.5 Å². The number of aromatic nitrogens is 3. The number of rotatable bonds is 14. The van der Waals surface area contributed by atoms with Crippen molar-refractivity contribution in [3.63, 3.8) is 0 Å². The molecule has 0 radical (unpaired) electrons. The molecule has 1 unspecified atom stereocenters. The van der Waals surface area contributed by atoms with Crippen molar-refractivity contribution in [3.05, 3.63) is 59.9 Å². The molecule has 0 saturated carbocycles. The smallest absolute Gasteiger partial charge is 0.251 e. The molecule has 1 atom stereocenters. The summed E-state index contributed by atoms with van der Waals surface area (Å²) in [5, 5.41) is 15.4. The third kappa shape index (κ3) is 7.90. The van der Waals surface area contributed by atoms with Crippen LogP contribution in [0.4, 0.5) is 5.69 Å². The van der Waals surface area contributed by atoms with Crippen LogP contribution >= 0.6 is 23.5 Å². The van der Waals surface area contributed by atoms with Crippen LogP contribution in [-0.4, -0.2) is 58.1 Å². The van der Waals surface area contributed by atoms with Gasteiger partial charge in [0.1, 0.15) is 11.5 Å². The lowest BCUT2D eigenvalue weighted by Gasteiger charge is -2.19. The summed E-state index contributed by atoms with van der Waals surface area (Å²) >= 11 is 3.00. The van der Waals surface area contributed by atoms with Crippen LogP contribution in [0.2, 0.25) is 0 Å². The van der Waals surface area contributed by atoms with Gasteiger partial charge in [0.25, 0.3) is 5.91 Å². The molecule has 1 heterocycles. The van der Waals surface area contributed by atoms with Gasteiger partial charge in [-0.2, -0.15) is 11.8 Å².